The summed E-state index contributed by atoms with van der Waals surface area (Å²) in [5.74, 6) is -0.194. The second kappa shape index (κ2) is 12.2. The van der Waals surface area contributed by atoms with Crippen LogP contribution in [0.15, 0.2) is 30.3 Å². The molecule has 4 aromatic rings. The molecule has 0 saturated heterocycles. The number of nitrogens with zero attached hydrogens (tertiary/aromatic N) is 4. The lowest BCUT2D eigenvalue weighted by Gasteiger charge is -2.22. The van der Waals surface area contributed by atoms with Gasteiger partial charge in [-0.15, -0.1) is 24.5 Å². The summed E-state index contributed by atoms with van der Waals surface area (Å²) in [4.78, 5) is 18.9. The molecule has 1 aliphatic rings. The van der Waals surface area contributed by atoms with E-state index in [0.717, 1.165) is 21.6 Å². The third-order valence-electron chi connectivity index (χ3n) is 7.53. The first-order valence-electron chi connectivity index (χ1n) is 13.9. The summed E-state index contributed by atoms with van der Waals surface area (Å²) in [6, 6.07) is 6.50. The zero-order chi connectivity index (χ0) is 31.1. The van der Waals surface area contributed by atoms with Crippen LogP contribution in [0.2, 0.25) is 0 Å². The number of pyridine rings is 1. The molecule has 1 aliphatic carbocycles. The highest BCUT2D eigenvalue weighted by Crippen LogP contribution is 2.39. The molecule has 0 unspecified atom stereocenters. The lowest BCUT2D eigenvalue weighted by atomic mass is 10.1. The topological polar surface area (TPSA) is 146 Å². The Bertz CT molecular complexity index is 1600. The lowest BCUT2D eigenvalue weighted by molar-refractivity contribution is -0.274. The van der Waals surface area contributed by atoms with Crippen molar-refractivity contribution in [3.8, 4) is 16.3 Å². The Kier molecular flexibility index (Phi) is 8.75. The second-order valence-corrected chi connectivity index (χ2v) is 11.7. The summed E-state index contributed by atoms with van der Waals surface area (Å²) in [5, 5.41) is 38.0. The first kappa shape index (κ1) is 30.9. The van der Waals surface area contributed by atoms with E-state index in [0.29, 0.717) is 40.5 Å². The quantitative estimate of drug-likeness (QED) is 0.175. The molecule has 3 heterocycles. The molecule has 0 aliphatic heterocycles. The Hall–Kier alpha value is -3.59. The van der Waals surface area contributed by atoms with Gasteiger partial charge in [-0.05, 0) is 57.4 Å². The number of aryl methyl sites for hydroxylation is 3. The van der Waals surface area contributed by atoms with Gasteiger partial charge in [-0.3, -0.25) is 4.98 Å². The number of aromatic nitrogens is 4. The molecule has 5 N–H and O–H groups in total. The van der Waals surface area contributed by atoms with Gasteiger partial charge in [-0.2, -0.15) is 4.98 Å². The Labute approximate surface area is 250 Å². The third kappa shape index (κ3) is 6.66. The van der Waals surface area contributed by atoms with E-state index in [9.17, 15) is 28.5 Å². The molecule has 1 aromatic carbocycles. The van der Waals surface area contributed by atoms with E-state index < -0.39 is 30.5 Å². The Balaban J connectivity index is 1.51. The number of aliphatic hydroxyl groups excluding tert-OH is 3. The number of halogens is 3. The van der Waals surface area contributed by atoms with E-state index in [1.807, 2.05) is 33.8 Å². The maximum Gasteiger partial charge on any atom is 0.573 e. The molecule has 0 spiro atoms. The minimum absolute atomic E-state index is 0.242. The van der Waals surface area contributed by atoms with Gasteiger partial charge in [0.05, 0.1) is 39.8 Å². The Morgan fingerprint density at radius 3 is 2.42 bits per heavy atom. The predicted octanol–water partition coefficient (Wildman–Crippen LogP) is 4.91. The SMILES string of the molecule is CCc1nc(C)cc2sc(-c3c(C)nc(N[C@H](C)c4ccc(OC(F)(F)F)cc4)nc3N[C@@H]3C[C@H](CO)[C@@H](O)[C@H]3O)nc12. The maximum atomic E-state index is 12.6. The van der Waals surface area contributed by atoms with Crippen molar-refractivity contribution in [1.29, 1.82) is 0 Å². The fraction of sp³-hybridized carbons (Fsp3) is 0.448. The van der Waals surface area contributed by atoms with Crippen molar-refractivity contribution in [3.63, 3.8) is 0 Å². The number of hydrogen-bond donors (Lipinski definition) is 5. The van der Waals surface area contributed by atoms with Crippen molar-refractivity contribution in [2.45, 2.75) is 71.2 Å². The average molecular weight is 619 g/mol. The van der Waals surface area contributed by atoms with E-state index in [-0.39, 0.29) is 24.3 Å². The highest BCUT2D eigenvalue weighted by atomic mass is 32.1. The van der Waals surface area contributed by atoms with Crippen LogP contribution < -0.4 is 15.4 Å². The summed E-state index contributed by atoms with van der Waals surface area (Å²) < 4.78 is 42.6. The number of hydrogen-bond acceptors (Lipinski definition) is 11. The fourth-order valence-corrected chi connectivity index (χ4v) is 6.52. The van der Waals surface area contributed by atoms with Gasteiger partial charge in [0.1, 0.15) is 28.2 Å². The lowest BCUT2D eigenvalue weighted by Crippen LogP contribution is -2.35. The van der Waals surface area contributed by atoms with Gasteiger partial charge in [0.15, 0.2) is 0 Å². The molecular weight excluding hydrogens is 585 g/mol. The van der Waals surface area contributed by atoms with Crippen LogP contribution in [0.25, 0.3) is 20.8 Å². The van der Waals surface area contributed by atoms with Crippen LogP contribution in [0.4, 0.5) is 24.9 Å². The van der Waals surface area contributed by atoms with Crippen LogP contribution in [0, 0.1) is 19.8 Å². The standard InChI is InChI=1S/C29H33F3N6O4S/c1-5-19-23-21(10-13(2)33-19)43-27(37-23)22-15(4)35-28(38-26(22)36-20-11-17(12-39)24(40)25(20)41)34-14(3)16-6-8-18(9-7-16)42-29(30,31)32/h6-10,14,17,20,24-25,39-41H,5,11-12H2,1-4H3,(H2,34,35,36,38)/t14-,17-,20-,24-,25+/m1/s1. The van der Waals surface area contributed by atoms with Crippen molar-refractivity contribution < 1.29 is 33.2 Å². The molecule has 0 radical (unpaired) electrons. The molecule has 230 valence electrons. The molecular formula is C29H33F3N6O4S. The second-order valence-electron chi connectivity index (χ2n) is 10.7. The number of nitrogens with one attached hydrogen (secondary N) is 2. The van der Waals surface area contributed by atoms with E-state index >= 15 is 0 Å². The zero-order valence-corrected chi connectivity index (χ0v) is 24.8. The molecule has 0 bridgehead atoms. The van der Waals surface area contributed by atoms with Crippen LogP contribution >= 0.6 is 11.3 Å². The number of aliphatic hydroxyl groups is 3. The number of alkyl halides is 3. The van der Waals surface area contributed by atoms with Gasteiger partial charge in [-0.1, -0.05) is 19.1 Å². The smallest absolute Gasteiger partial charge is 0.406 e. The van der Waals surface area contributed by atoms with Crippen LogP contribution in [0.1, 0.15) is 49.0 Å². The highest BCUT2D eigenvalue weighted by Gasteiger charge is 2.41. The first-order valence-corrected chi connectivity index (χ1v) is 14.7. The average Bonchev–Trinajstić information content (AvgIpc) is 3.47. The number of fused-ring (bicyclic) bond motifs is 1. The minimum Gasteiger partial charge on any atom is -0.406 e. The van der Waals surface area contributed by atoms with Crippen molar-refractivity contribution in [3.05, 3.63) is 53.0 Å². The third-order valence-corrected chi connectivity index (χ3v) is 8.55. The molecule has 1 fully saturated rings. The summed E-state index contributed by atoms with van der Waals surface area (Å²) in [6.45, 7) is 7.31. The minimum atomic E-state index is -4.78. The highest BCUT2D eigenvalue weighted by molar-refractivity contribution is 7.21. The summed E-state index contributed by atoms with van der Waals surface area (Å²) in [6.07, 6.45) is -5.99. The van der Waals surface area contributed by atoms with E-state index in [2.05, 4.69) is 25.3 Å². The van der Waals surface area contributed by atoms with Gasteiger partial charge in [0.2, 0.25) is 5.95 Å². The van der Waals surface area contributed by atoms with Crippen LogP contribution in [0.5, 0.6) is 5.75 Å². The number of ether oxygens (including phenoxy) is 1. The fourth-order valence-electron chi connectivity index (χ4n) is 5.34. The molecule has 5 atom stereocenters. The largest absolute Gasteiger partial charge is 0.573 e. The van der Waals surface area contributed by atoms with Crippen molar-refractivity contribution in [2.24, 2.45) is 5.92 Å². The number of benzene rings is 1. The van der Waals surface area contributed by atoms with Crippen molar-refractivity contribution >= 4 is 33.3 Å². The van der Waals surface area contributed by atoms with Gasteiger partial charge >= 0.3 is 6.36 Å². The van der Waals surface area contributed by atoms with Crippen LogP contribution in [-0.4, -0.2) is 66.5 Å². The van der Waals surface area contributed by atoms with Gasteiger partial charge in [-0.25, -0.2) is 9.97 Å². The maximum absolute atomic E-state index is 12.6. The van der Waals surface area contributed by atoms with Crippen LogP contribution in [0.3, 0.4) is 0 Å². The summed E-state index contributed by atoms with van der Waals surface area (Å²) >= 11 is 1.47. The van der Waals surface area contributed by atoms with Crippen molar-refractivity contribution in [2.75, 3.05) is 17.2 Å². The van der Waals surface area contributed by atoms with E-state index in [4.69, 9.17) is 9.97 Å². The zero-order valence-electron chi connectivity index (χ0n) is 24.0. The van der Waals surface area contributed by atoms with Crippen LogP contribution in [-0.2, 0) is 6.42 Å². The number of thiazole rings is 1. The normalized spacial score (nSPS) is 21.3. The Morgan fingerprint density at radius 1 is 1.07 bits per heavy atom. The molecule has 1 saturated carbocycles. The molecule has 3 aromatic heterocycles. The first-order chi connectivity index (χ1) is 20.4. The van der Waals surface area contributed by atoms with Gasteiger partial charge in [0.25, 0.3) is 0 Å². The molecule has 10 nitrogen and oxygen atoms in total. The van der Waals surface area contributed by atoms with Crippen molar-refractivity contribution in [1.82, 2.24) is 19.9 Å². The molecule has 14 heteroatoms. The molecule has 5 rings (SSSR count). The number of anilines is 2. The summed E-state index contributed by atoms with van der Waals surface area (Å²) in [5.41, 5.74) is 4.45. The number of rotatable bonds is 9. The molecule has 0 amide bonds. The Morgan fingerprint density at radius 2 is 1.79 bits per heavy atom. The summed E-state index contributed by atoms with van der Waals surface area (Å²) in [7, 11) is 0. The molecule has 43 heavy (non-hydrogen) atoms. The van der Waals surface area contributed by atoms with Gasteiger partial charge < -0.3 is 30.7 Å². The van der Waals surface area contributed by atoms with Gasteiger partial charge in [0, 0.05) is 18.2 Å². The predicted molar refractivity (Wildman–Crippen MR) is 157 cm³/mol. The van der Waals surface area contributed by atoms with E-state index in [1.54, 1.807) is 0 Å². The monoisotopic (exact) mass is 618 g/mol. The van der Waals surface area contributed by atoms with E-state index in [1.165, 1.54) is 35.6 Å².